The van der Waals surface area contributed by atoms with Crippen molar-refractivity contribution in [1.82, 2.24) is 0 Å². The molecule has 0 aromatic carbocycles. The quantitative estimate of drug-likeness (QED) is 0.0278. The number of unbranched alkanes of at least 4 members (excludes halogenated alkanes) is 22. The van der Waals surface area contributed by atoms with Gasteiger partial charge in [-0.3, -0.25) is 4.79 Å². The maximum absolute atomic E-state index is 12.7. The molecule has 0 aromatic rings. The minimum absolute atomic E-state index is 0.117. The zero-order valence-corrected chi connectivity index (χ0v) is 34.0. The maximum Gasteiger partial charge on any atom is 0.306 e. The van der Waals surface area contributed by atoms with Crippen molar-refractivity contribution in [2.75, 3.05) is 26.4 Å². The highest BCUT2D eigenvalue weighted by molar-refractivity contribution is 5.69. The molecule has 0 spiro atoms. The number of allylic oxidation sites excluding steroid dienone is 4. The molecular formula is C44H82O9. The second kappa shape index (κ2) is 36.3. The van der Waals surface area contributed by atoms with Crippen LogP contribution >= 0.6 is 0 Å². The Balaban J connectivity index is 2.29. The van der Waals surface area contributed by atoms with E-state index in [9.17, 15) is 25.2 Å². The van der Waals surface area contributed by atoms with Crippen LogP contribution in [0.15, 0.2) is 24.3 Å². The molecule has 0 aliphatic carbocycles. The molecule has 0 bridgehead atoms. The lowest BCUT2D eigenvalue weighted by atomic mass is 9.99. The third-order valence-corrected chi connectivity index (χ3v) is 10.1. The van der Waals surface area contributed by atoms with Crippen LogP contribution in [0.25, 0.3) is 0 Å². The largest absolute Gasteiger partial charge is 0.457 e. The van der Waals surface area contributed by atoms with Gasteiger partial charge in [-0.2, -0.15) is 0 Å². The first-order valence-corrected chi connectivity index (χ1v) is 21.9. The van der Waals surface area contributed by atoms with Gasteiger partial charge in [0.1, 0.15) is 30.5 Å². The summed E-state index contributed by atoms with van der Waals surface area (Å²) in [6.07, 6.45) is 33.4. The predicted octanol–water partition coefficient (Wildman–Crippen LogP) is 9.42. The van der Waals surface area contributed by atoms with Crippen molar-refractivity contribution < 1.29 is 44.2 Å². The monoisotopic (exact) mass is 755 g/mol. The number of rotatable bonds is 37. The summed E-state index contributed by atoms with van der Waals surface area (Å²) in [5, 5.41) is 40.1. The molecule has 6 atom stereocenters. The van der Waals surface area contributed by atoms with Gasteiger partial charge in [0.05, 0.1) is 19.8 Å². The predicted molar refractivity (Wildman–Crippen MR) is 215 cm³/mol. The SMILES string of the molecule is CCCCCCC/C=C\CCCCCCCC(=O)OC(COCCCCCCCC/C=C\CCCCCCCC)COC1OC(CO)C(O)C(O)C1O. The molecule has 1 aliphatic rings. The molecule has 312 valence electrons. The molecule has 1 fully saturated rings. The lowest BCUT2D eigenvalue weighted by Crippen LogP contribution is -2.59. The van der Waals surface area contributed by atoms with Crippen LogP contribution in [-0.2, 0) is 23.7 Å². The second-order valence-corrected chi connectivity index (χ2v) is 15.1. The number of hydrogen-bond donors (Lipinski definition) is 4. The molecule has 0 radical (unpaired) electrons. The summed E-state index contributed by atoms with van der Waals surface area (Å²) in [4.78, 5) is 12.7. The van der Waals surface area contributed by atoms with Gasteiger partial charge in [0.2, 0.25) is 0 Å². The number of ether oxygens (including phenoxy) is 4. The standard InChI is InChI=1S/C44H82O9/c1-3-5-7-9-11-13-15-17-19-20-22-24-26-28-30-32-34-50-36-38(37-51-44-43(49)42(48)41(47)39(35-45)53-44)52-40(46)33-31-29-27-25-23-21-18-16-14-12-10-8-6-4-2/h16-19,38-39,41-45,47-49H,3-15,20-37H2,1-2H3/b18-16-,19-17-. The number of carbonyl (C=O) groups excluding carboxylic acids is 1. The minimum atomic E-state index is -1.54. The molecule has 9 heteroatoms. The average molecular weight is 755 g/mol. The first-order chi connectivity index (χ1) is 25.9. The third kappa shape index (κ3) is 27.8. The number of carbonyl (C=O) groups is 1. The van der Waals surface area contributed by atoms with E-state index in [-0.39, 0.29) is 19.2 Å². The summed E-state index contributed by atoms with van der Waals surface area (Å²) in [5.41, 5.74) is 0. The van der Waals surface area contributed by atoms with E-state index in [4.69, 9.17) is 18.9 Å². The molecule has 0 saturated carbocycles. The first kappa shape index (κ1) is 49.7. The van der Waals surface area contributed by atoms with Crippen LogP contribution in [0, 0.1) is 0 Å². The summed E-state index contributed by atoms with van der Waals surface area (Å²) in [6.45, 7) is 4.53. The van der Waals surface area contributed by atoms with Crippen LogP contribution in [0.3, 0.4) is 0 Å². The van der Waals surface area contributed by atoms with Gasteiger partial charge in [-0.1, -0.05) is 141 Å². The van der Waals surface area contributed by atoms with Crippen molar-refractivity contribution in [3.63, 3.8) is 0 Å². The van der Waals surface area contributed by atoms with E-state index in [1.165, 1.54) is 122 Å². The Kier molecular flexibility index (Phi) is 34.0. The summed E-state index contributed by atoms with van der Waals surface area (Å²) < 4.78 is 22.8. The van der Waals surface area contributed by atoms with Crippen LogP contribution in [-0.4, -0.2) is 89.6 Å². The lowest BCUT2D eigenvalue weighted by Gasteiger charge is -2.39. The Morgan fingerprint density at radius 3 is 1.53 bits per heavy atom. The highest BCUT2D eigenvalue weighted by Crippen LogP contribution is 2.22. The van der Waals surface area contributed by atoms with Crippen LogP contribution in [0.2, 0.25) is 0 Å². The van der Waals surface area contributed by atoms with E-state index in [0.29, 0.717) is 13.0 Å². The Bertz CT molecular complexity index is 864. The van der Waals surface area contributed by atoms with E-state index < -0.39 is 43.4 Å². The Labute approximate surface area is 324 Å². The Hall–Kier alpha value is -1.33. The molecule has 1 saturated heterocycles. The van der Waals surface area contributed by atoms with Crippen LogP contribution in [0.1, 0.15) is 187 Å². The molecule has 1 aliphatic heterocycles. The third-order valence-electron chi connectivity index (χ3n) is 10.1. The number of esters is 1. The van der Waals surface area contributed by atoms with Crippen molar-refractivity contribution in [1.29, 1.82) is 0 Å². The van der Waals surface area contributed by atoms with E-state index in [0.717, 1.165) is 44.9 Å². The molecule has 0 aromatic heterocycles. The number of aliphatic hydroxyl groups excluding tert-OH is 4. The van der Waals surface area contributed by atoms with Gasteiger partial charge in [0.25, 0.3) is 0 Å². The van der Waals surface area contributed by atoms with Gasteiger partial charge in [0, 0.05) is 13.0 Å². The summed E-state index contributed by atoms with van der Waals surface area (Å²) in [7, 11) is 0. The van der Waals surface area contributed by atoms with Crippen LogP contribution in [0.5, 0.6) is 0 Å². The molecule has 1 heterocycles. The number of aliphatic hydroxyl groups is 4. The normalized spacial score (nSPS) is 21.2. The smallest absolute Gasteiger partial charge is 0.306 e. The minimum Gasteiger partial charge on any atom is -0.457 e. The van der Waals surface area contributed by atoms with Crippen molar-refractivity contribution in [3.05, 3.63) is 24.3 Å². The van der Waals surface area contributed by atoms with Gasteiger partial charge >= 0.3 is 5.97 Å². The van der Waals surface area contributed by atoms with E-state index in [2.05, 4.69) is 38.2 Å². The van der Waals surface area contributed by atoms with Crippen molar-refractivity contribution >= 4 is 5.97 Å². The van der Waals surface area contributed by atoms with Gasteiger partial charge in [-0.05, 0) is 64.2 Å². The molecule has 53 heavy (non-hydrogen) atoms. The average Bonchev–Trinajstić information content (AvgIpc) is 3.16. The van der Waals surface area contributed by atoms with Crippen molar-refractivity contribution in [2.24, 2.45) is 0 Å². The highest BCUT2D eigenvalue weighted by Gasteiger charge is 2.44. The molecule has 1 rings (SSSR count). The molecular weight excluding hydrogens is 672 g/mol. The zero-order valence-electron chi connectivity index (χ0n) is 34.0. The summed E-state index contributed by atoms with van der Waals surface area (Å²) >= 11 is 0. The van der Waals surface area contributed by atoms with E-state index in [1.54, 1.807) is 0 Å². The fraction of sp³-hybridized carbons (Fsp3) is 0.886. The van der Waals surface area contributed by atoms with Crippen molar-refractivity contribution in [3.8, 4) is 0 Å². The highest BCUT2D eigenvalue weighted by atomic mass is 16.7. The van der Waals surface area contributed by atoms with Crippen LogP contribution in [0.4, 0.5) is 0 Å². The van der Waals surface area contributed by atoms with Gasteiger partial charge < -0.3 is 39.4 Å². The molecule has 9 nitrogen and oxygen atoms in total. The fourth-order valence-corrected chi connectivity index (χ4v) is 6.60. The number of hydrogen-bond acceptors (Lipinski definition) is 9. The summed E-state index contributed by atoms with van der Waals surface area (Å²) in [5.74, 6) is -0.324. The Morgan fingerprint density at radius 2 is 1.04 bits per heavy atom. The molecule has 0 amide bonds. The van der Waals surface area contributed by atoms with Gasteiger partial charge in [-0.15, -0.1) is 0 Å². The fourth-order valence-electron chi connectivity index (χ4n) is 6.60. The maximum atomic E-state index is 12.7. The van der Waals surface area contributed by atoms with Crippen molar-refractivity contribution in [2.45, 2.75) is 224 Å². The Morgan fingerprint density at radius 1 is 0.585 bits per heavy atom. The molecule has 6 unspecified atom stereocenters. The zero-order chi connectivity index (χ0) is 38.6. The summed E-state index contributed by atoms with van der Waals surface area (Å²) in [6, 6.07) is 0. The van der Waals surface area contributed by atoms with E-state index in [1.807, 2.05) is 0 Å². The van der Waals surface area contributed by atoms with Gasteiger partial charge in [0.15, 0.2) is 6.29 Å². The lowest BCUT2D eigenvalue weighted by molar-refractivity contribution is -0.305. The molecule has 4 N–H and O–H groups in total. The first-order valence-electron chi connectivity index (χ1n) is 21.9. The van der Waals surface area contributed by atoms with E-state index >= 15 is 0 Å². The van der Waals surface area contributed by atoms with Gasteiger partial charge in [-0.25, -0.2) is 0 Å². The second-order valence-electron chi connectivity index (χ2n) is 15.1. The topological polar surface area (TPSA) is 135 Å². The van der Waals surface area contributed by atoms with Crippen LogP contribution < -0.4 is 0 Å².